The molecule has 0 spiro atoms. The molecule has 0 aliphatic rings. The number of fused-ring (bicyclic) bond motifs is 2. The zero-order chi connectivity index (χ0) is 23.8. The summed E-state index contributed by atoms with van der Waals surface area (Å²) in [6.45, 7) is 5.96. The Morgan fingerprint density at radius 2 is 1.68 bits per heavy atom. The van der Waals surface area contributed by atoms with Gasteiger partial charge in [-0.15, -0.1) is 0 Å². The van der Waals surface area contributed by atoms with Gasteiger partial charge in [-0.2, -0.15) is 0 Å². The quantitative estimate of drug-likeness (QED) is 0.317. The Morgan fingerprint density at radius 3 is 2.50 bits per heavy atom. The predicted octanol–water partition coefficient (Wildman–Crippen LogP) is 6.54. The van der Waals surface area contributed by atoms with Crippen molar-refractivity contribution in [3.63, 3.8) is 0 Å². The van der Waals surface area contributed by atoms with Gasteiger partial charge in [0.05, 0.1) is 12.7 Å². The van der Waals surface area contributed by atoms with Crippen LogP contribution in [0.1, 0.15) is 32.8 Å². The van der Waals surface area contributed by atoms with Crippen LogP contribution in [0.4, 0.5) is 11.4 Å². The van der Waals surface area contributed by atoms with E-state index in [1.807, 2.05) is 63.2 Å². The summed E-state index contributed by atoms with van der Waals surface area (Å²) in [5.41, 5.74) is 6.25. The van der Waals surface area contributed by atoms with Crippen molar-refractivity contribution in [2.24, 2.45) is 0 Å². The van der Waals surface area contributed by atoms with Crippen LogP contribution >= 0.6 is 0 Å². The zero-order valence-electron chi connectivity index (χ0n) is 19.2. The minimum Gasteiger partial charge on any atom is -0.464 e. The van der Waals surface area contributed by atoms with Crippen molar-refractivity contribution in [1.29, 1.82) is 0 Å². The molecule has 170 valence electrons. The molecule has 0 saturated heterocycles. The molecule has 5 rings (SSSR count). The van der Waals surface area contributed by atoms with Crippen LogP contribution in [0.25, 0.3) is 21.9 Å². The SMILES string of the molecule is Cc1cccc(NC(=O)c2oc3ccccc3c2NC(=O)Cc2coc3cc(C)cc(C)c23)c1. The van der Waals surface area contributed by atoms with Crippen LogP contribution in [0.15, 0.2) is 75.8 Å². The minimum absolute atomic E-state index is 0.0555. The molecule has 34 heavy (non-hydrogen) atoms. The van der Waals surface area contributed by atoms with Crippen LogP contribution in [-0.2, 0) is 11.2 Å². The number of aryl methyl sites for hydroxylation is 3. The van der Waals surface area contributed by atoms with Gasteiger partial charge in [0.15, 0.2) is 0 Å². The van der Waals surface area contributed by atoms with Gasteiger partial charge in [-0.1, -0.05) is 30.3 Å². The molecular weight excluding hydrogens is 428 g/mol. The lowest BCUT2D eigenvalue weighted by atomic mass is 10.0. The lowest BCUT2D eigenvalue weighted by Gasteiger charge is -2.08. The van der Waals surface area contributed by atoms with Gasteiger partial charge in [0.2, 0.25) is 11.7 Å². The van der Waals surface area contributed by atoms with E-state index in [0.29, 0.717) is 22.3 Å². The Labute approximate surface area is 196 Å². The second-order valence-electron chi connectivity index (χ2n) is 8.57. The van der Waals surface area contributed by atoms with Crippen molar-refractivity contribution in [3.8, 4) is 0 Å². The van der Waals surface area contributed by atoms with Crippen LogP contribution < -0.4 is 10.6 Å². The van der Waals surface area contributed by atoms with Gasteiger partial charge in [0.1, 0.15) is 16.9 Å². The number of amides is 2. The molecule has 6 nitrogen and oxygen atoms in total. The lowest BCUT2D eigenvalue weighted by Crippen LogP contribution is -2.18. The van der Waals surface area contributed by atoms with Crippen molar-refractivity contribution in [3.05, 3.63) is 94.9 Å². The highest BCUT2D eigenvalue weighted by Gasteiger charge is 2.23. The van der Waals surface area contributed by atoms with Gasteiger partial charge in [-0.05, 0) is 67.8 Å². The lowest BCUT2D eigenvalue weighted by molar-refractivity contribution is -0.115. The maximum Gasteiger partial charge on any atom is 0.293 e. The van der Waals surface area contributed by atoms with Crippen LogP contribution in [-0.4, -0.2) is 11.8 Å². The molecule has 0 radical (unpaired) electrons. The molecule has 5 aromatic rings. The van der Waals surface area contributed by atoms with E-state index < -0.39 is 5.91 Å². The van der Waals surface area contributed by atoms with Gasteiger partial charge in [0.25, 0.3) is 5.91 Å². The first-order valence-electron chi connectivity index (χ1n) is 11.1. The fraction of sp³-hybridized carbons (Fsp3) is 0.143. The molecule has 6 heteroatoms. The maximum atomic E-state index is 13.1. The van der Waals surface area contributed by atoms with Gasteiger partial charge in [-0.25, -0.2) is 0 Å². The van der Waals surface area contributed by atoms with E-state index >= 15 is 0 Å². The second kappa shape index (κ2) is 8.56. The van der Waals surface area contributed by atoms with E-state index in [1.54, 1.807) is 18.4 Å². The fourth-order valence-corrected chi connectivity index (χ4v) is 4.35. The second-order valence-corrected chi connectivity index (χ2v) is 8.57. The summed E-state index contributed by atoms with van der Waals surface area (Å²) in [6.07, 6.45) is 1.73. The van der Waals surface area contributed by atoms with Gasteiger partial charge < -0.3 is 19.5 Å². The van der Waals surface area contributed by atoms with Crippen molar-refractivity contribution in [2.75, 3.05) is 10.6 Å². The molecule has 0 unspecified atom stereocenters. The molecule has 0 aliphatic heterocycles. The summed E-state index contributed by atoms with van der Waals surface area (Å²) in [6, 6.07) is 18.8. The number of carbonyl (C=O) groups is 2. The summed E-state index contributed by atoms with van der Waals surface area (Å²) in [5.74, 6) is -0.643. The number of para-hydroxylation sites is 1. The monoisotopic (exact) mass is 452 g/mol. The topological polar surface area (TPSA) is 84.5 Å². The van der Waals surface area contributed by atoms with Crippen molar-refractivity contribution >= 4 is 45.1 Å². The number of hydrogen-bond acceptors (Lipinski definition) is 4. The predicted molar refractivity (Wildman–Crippen MR) is 133 cm³/mol. The largest absolute Gasteiger partial charge is 0.464 e. The third kappa shape index (κ3) is 4.06. The van der Waals surface area contributed by atoms with Crippen molar-refractivity contribution in [1.82, 2.24) is 0 Å². The summed E-state index contributed by atoms with van der Waals surface area (Å²) in [5, 5.41) is 7.37. The van der Waals surface area contributed by atoms with Crippen molar-refractivity contribution in [2.45, 2.75) is 27.2 Å². The summed E-state index contributed by atoms with van der Waals surface area (Å²) in [7, 11) is 0. The molecule has 3 aromatic carbocycles. The number of carbonyl (C=O) groups excluding carboxylic acids is 2. The van der Waals surface area contributed by atoms with Crippen molar-refractivity contribution < 1.29 is 18.4 Å². The average Bonchev–Trinajstić information content (AvgIpc) is 3.35. The molecule has 2 aromatic heterocycles. The molecule has 2 heterocycles. The Kier molecular flexibility index (Phi) is 5.42. The molecule has 0 saturated carbocycles. The van der Waals surface area contributed by atoms with E-state index in [-0.39, 0.29) is 18.1 Å². The number of benzene rings is 3. The van der Waals surface area contributed by atoms with Crippen LogP contribution in [0.2, 0.25) is 0 Å². The third-order valence-electron chi connectivity index (χ3n) is 5.79. The Morgan fingerprint density at radius 1 is 0.853 bits per heavy atom. The maximum absolute atomic E-state index is 13.1. The number of anilines is 2. The van der Waals surface area contributed by atoms with E-state index in [1.165, 1.54) is 0 Å². The van der Waals surface area contributed by atoms with E-state index in [9.17, 15) is 9.59 Å². The fourth-order valence-electron chi connectivity index (χ4n) is 4.35. The third-order valence-corrected chi connectivity index (χ3v) is 5.79. The normalized spacial score (nSPS) is 11.1. The highest BCUT2D eigenvalue weighted by Crippen LogP contribution is 2.32. The molecule has 0 aliphatic carbocycles. The highest BCUT2D eigenvalue weighted by molar-refractivity contribution is 6.14. The Balaban J connectivity index is 1.45. The average molecular weight is 453 g/mol. The van der Waals surface area contributed by atoms with Crippen LogP contribution in [0.3, 0.4) is 0 Å². The number of rotatable bonds is 5. The van der Waals surface area contributed by atoms with Crippen LogP contribution in [0, 0.1) is 20.8 Å². The smallest absolute Gasteiger partial charge is 0.293 e. The Hall–Kier alpha value is -4.32. The summed E-state index contributed by atoms with van der Waals surface area (Å²) in [4.78, 5) is 26.2. The molecule has 0 fully saturated rings. The van der Waals surface area contributed by atoms with Gasteiger partial charge in [0, 0.05) is 22.0 Å². The van der Waals surface area contributed by atoms with Crippen LogP contribution in [0.5, 0.6) is 0 Å². The first-order valence-corrected chi connectivity index (χ1v) is 11.1. The van der Waals surface area contributed by atoms with E-state index in [0.717, 1.165) is 33.2 Å². The standard InChI is InChI=1S/C28H24N2O4/c1-16-7-6-8-20(12-16)29-28(32)27-26(21-9-4-5-10-22(21)34-27)30-24(31)14-19-15-33-23-13-17(2)11-18(3)25(19)23/h4-13,15H,14H2,1-3H3,(H,29,32)(H,30,31). The Bertz CT molecular complexity index is 1560. The molecule has 2 N–H and O–H groups in total. The number of hydrogen-bond donors (Lipinski definition) is 2. The van der Waals surface area contributed by atoms with E-state index in [4.69, 9.17) is 8.83 Å². The summed E-state index contributed by atoms with van der Waals surface area (Å²) < 4.78 is 11.5. The number of furan rings is 2. The van der Waals surface area contributed by atoms with Gasteiger partial charge in [-0.3, -0.25) is 9.59 Å². The minimum atomic E-state index is -0.433. The molecule has 2 amide bonds. The molecule has 0 bridgehead atoms. The summed E-state index contributed by atoms with van der Waals surface area (Å²) >= 11 is 0. The molecule has 0 atom stereocenters. The highest BCUT2D eigenvalue weighted by atomic mass is 16.3. The van der Waals surface area contributed by atoms with Gasteiger partial charge >= 0.3 is 0 Å². The molecular formula is C28H24N2O4. The zero-order valence-corrected chi connectivity index (χ0v) is 19.2. The number of nitrogens with one attached hydrogen (secondary N) is 2. The first kappa shape index (κ1) is 21.5. The first-order chi connectivity index (χ1) is 16.4. The van der Waals surface area contributed by atoms with E-state index in [2.05, 4.69) is 16.7 Å².